The van der Waals surface area contributed by atoms with E-state index >= 15 is 0 Å². The number of aliphatic hydroxyl groups is 7. The first-order valence-corrected chi connectivity index (χ1v) is 39.3. The molecule has 10 aliphatic carbocycles. The minimum absolute atomic E-state index is 0. The summed E-state index contributed by atoms with van der Waals surface area (Å²) in [5.74, 6) is 2.03. The van der Waals surface area contributed by atoms with E-state index in [1.807, 2.05) is 0 Å². The van der Waals surface area contributed by atoms with Gasteiger partial charge in [0.15, 0.2) is 24.8 Å². The van der Waals surface area contributed by atoms with E-state index in [1.54, 1.807) is 27.7 Å². The number of rotatable bonds is 14. The Labute approximate surface area is 606 Å². The van der Waals surface area contributed by atoms with Gasteiger partial charge in [-0.25, -0.2) is 0 Å². The Hall–Kier alpha value is -1.51. The van der Waals surface area contributed by atoms with Crippen LogP contribution in [-0.2, 0) is 57.1 Å². The standard InChI is InChI=1S/C37H58O10.C36H54O9.IO4.Na/c1-18-15-21(30(33(5,6)43)45-19(2)38)46-28-25(18)34(7)13-14-37-17-36(37)12-11-24(47-31-27(41)26(40)20(39)16-44-31)32(3,4)22(36)9-10-23(37)35(34,8)29(28)42;1-20-17-22(30(32(5,6)41)43-21(2)39)44-28-27(20)33(7)13-14-36-19-35(36)12-11-25(45-26(18-38)42-16-15-37)31(3,4)23(35)9-10-24(36)34(33,8)29(28)40;2-1(3,4)5;/h18,20-24,26-27,29-31,39-43H,9-17H2,1-8H3;15,18,20,22-26,29-30,40-41H,9-14,16-17,19H2,1-8H3;;/q;;-1;+1/t18-,20-,21-,22+,23+,24+,26+,27-,29+,30+,31+,34-,35-,36-,37+;20-,22-,23+,24+,25+,26+,29+,30+,33-,34-,35-,36+;;/m11../s1. The third kappa shape index (κ3) is 12.1. The number of hydrogen-bond donors (Lipinski definition) is 7. The summed E-state index contributed by atoms with van der Waals surface area (Å²) < 4.78 is 82.8. The third-order valence-corrected chi connectivity index (χ3v) is 29.5. The van der Waals surface area contributed by atoms with Gasteiger partial charge in [-0.3, -0.25) is 28.1 Å². The Morgan fingerprint density at radius 3 is 1.38 bits per heavy atom. The molecule has 0 aromatic heterocycles. The fourth-order valence-electron chi connectivity index (χ4n) is 25.3. The molecule has 1 saturated heterocycles. The van der Waals surface area contributed by atoms with Crippen molar-refractivity contribution in [2.75, 3.05) is 13.2 Å². The van der Waals surface area contributed by atoms with Crippen molar-refractivity contribution in [2.24, 2.45) is 89.7 Å². The molecule has 0 aromatic rings. The molecule has 0 bridgehead atoms. The smallest absolute Gasteiger partial charge is 0.488 e. The zero-order valence-corrected chi connectivity index (χ0v) is 65.1. The molecule has 3 aliphatic heterocycles. The molecule has 23 nitrogen and oxygen atoms in total. The maximum Gasteiger partial charge on any atom is 1.00 e. The second-order valence-electron chi connectivity index (χ2n) is 35.5. The Kier molecular flexibility index (Phi) is 21.4. The molecule has 4 spiro atoms. The van der Waals surface area contributed by atoms with Crippen molar-refractivity contribution in [1.29, 1.82) is 0 Å². The van der Waals surface area contributed by atoms with Crippen molar-refractivity contribution in [3.8, 4) is 0 Å². The summed E-state index contributed by atoms with van der Waals surface area (Å²) >= 11 is -5.94. The summed E-state index contributed by atoms with van der Waals surface area (Å²) in [5, 5.41) is 77.6. The number of carbonyl (C=O) groups excluding carboxylic acids is 4. The summed E-state index contributed by atoms with van der Waals surface area (Å²) in [6.45, 7) is 31.8. The number of esters is 2. The molecule has 13 aliphatic rings. The second-order valence-corrected chi connectivity index (χ2v) is 37.6. The second kappa shape index (κ2) is 26.5. The van der Waals surface area contributed by atoms with Crippen molar-refractivity contribution in [3.05, 3.63) is 22.7 Å². The first-order valence-electron chi connectivity index (χ1n) is 35.8. The molecule has 25 heteroatoms. The number of aliphatic hydroxyl groups excluding tert-OH is 5. The predicted molar refractivity (Wildman–Crippen MR) is 335 cm³/mol. The van der Waals surface area contributed by atoms with Crippen LogP contribution in [0.2, 0.25) is 0 Å². The van der Waals surface area contributed by atoms with Crippen LogP contribution in [0.25, 0.3) is 0 Å². The van der Waals surface area contributed by atoms with Crippen LogP contribution < -0.4 is 63.4 Å². The van der Waals surface area contributed by atoms with Crippen molar-refractivity contribution in [3.63, 3.8) is 0 Å². The van der Waals surface area contributed by atoms with Gasteiger partial charge in [-0.15, -0.1) is 0 Å². The minimum Gasteiger partial charge on any atom is -0.488 e. The number of hydrogen-bond acceptors (Lipinski definition) is 23. The molecule has 0 aromatic carbocycles. The van der Waals surface area contributed by atoms with E-state index in [1.165, 1.54) is 25.0 Å². The van der Waals surface area contributed by atoms with Crippen LogP contribution in [0, 0.1) is 89.7 Å². The maximum absolute atomic E-state index is 12.5. The van der Waals surface area contributed by atoms with Crippen LogP contribution in [0.4, 0.5) is 0 Å². The van der Waals surface area contributed by atoms with Gasteiger partial charge in [0, 0.05) is 35.5 Å². The molecule has 0 amide bonds. The van der Waals surface area contributed by atoms with Crippen molar-refractivity contribution < 1.29 is 156 Å². The van der Waals surface area contributed by atoms with Gasteiger partial charge in [0.25, 0.3) is 0 Å². The van der Waals surface area contributed by atoms with Gasteiger partial charge in [-0.2, -0.15) is 0 Å². The van der Waals surface area contributed by atoms with Gasteiger partial charge in [-0.1, -0.05) is 69.2 Å². The molecule has 8 saturated carbocycles. The van der Waals surface area contributed by atoms with E-state index < -0.39 is 122 Å². The van der Waals surface area contributed by atoms with Crippen molar-refractivity contribution in [1.82, 2.24) is 0 Å². The Bertz CT molecular complexity index is 3100. The van der Waals surface area contributed by atoms with E-state index in [-0.39, 0.29) is 110 Å². The number of carbonyl (C=O) groups is 4. The largest absolute Gasteiger partial charge is 1.00 e. The molecular weight excluding hydrogens is 1390 g/mol. The van der Waals surface area contributed by atoms with Crippen LogP contribution in [0.3, 0.4) is 0 Å². The molecule has 7 N–H and O–H groups in total. The van der Waals surface area contributed by atoms with Crippen LogP contribution in [-0.4, -0.2) is 164 Å². The first kappa shape index (κ1) is 79.1. The molecular formula is C73H112INaO23. The third-order valence-electron chi connectivity index (χ3n) is 29.5. The summed E-state index contributed by atoms with van der Waals surface area (Å²) in [6.07, 6.45) is 6.25. The van der Waals surface area contributed by atoms with E-state index in [0.717, 1.165) is 89.9 Å². The summed E-state index contributed by atoms with van der Waals surface area (Å²) in [7, 11) is 0. The summed E-state index contributed by atoms with van der Waals surface area (Å²) in [6, 6.07) is 0. The van der Waals surface area contributed by atoms with Crippen LogP contribution in [0.5, 0.6) is 0 Å². The molecule has 98 heavy (non-hydrogen) atoms. The Morgan fingerprint density at radius 2 is 0.990 bits per heavy atom. The van der Waals surface area contributed by atoms with Gasteiger partial charge >= 0.3 is 41.5 Å². The number of ether oxygens (including phenoxy) is 8. The molecule has 3 heterocycles. The molecule has 27 atom stereocenters. The number of aldehydes is 2. The van der Waals surface area contributed by atoms with Crippen molar-refractivity contribution >= 4 is 24.5 Å². The number of allylic oxidation sites excluding steroid dienone is 2. The zero-order valence-electron chi connectivity index (χ0n) is 60.9. The van der Waals surface area contributed by atoms with Gasteiger partial charge in [0.05, 0.1) is 30.0 Å². The van der Waals surface area contributed by atoms with Crippen LogP contribution >= 0.6 is 0 Å². The molecule has 550 valence electrons. The minimum atomic E-state index is -5.94. The Balaban J connectivity index is 0.000000197. The van der Waals surface area contributed by atoms with E-state index in [0.29, 0.717) is 60.6 Å². The number of fused-ring (bicyclic) bond motifs is 6. The summed E-state index contributed by atoms with van der Waals surface area (Å²) in [5.41, 5.74) is -1.28. The average molecular weight is 1510 g/mol. The van der Waals surface area contributed by atoms with Crippen molar-refractivity contribution in [2.45, 2.75) is 304 Å². The molecule has 0 radical (unpaired) electrons. The normalized spacial score (nSPS) is 46.7. The average Bonchev–Trinajstić information content (AvgIpc) is 1.46. The fraction of sp³-hybridized carbons (Fsp3) is 0.890. The van der Waals surface area contributed by atoms with Crippen LogP contribution in [0.15, 0.2) is 22.7 Å². The fourth-order valence-corrected chi connectivity index (χ4v) is 25.3. The SMILES string of the molecule is CC(=O)O[C@@H]([C@H]1C[C@@H](C)C2=C(O1)[C@H](O)[C@@]1(C)[C@@H]3CC[C@H]4C(C)(C)[C@@H](O[C@@H](C=O)OCC=O)CC[C@@]45C[C@@]35CC[C@]21C)C(C)(C)O.CC(=O)O[C@@H]([C@H]1C[C@@H](C)C2=C(O1)[C@H](O)[C@@]1(C)[C@@H]3CC[C@H]4C(C)(C)[C@@H](O[C@@H]5OC[C@@H](O)[C@H](O)[C@H]5O)CC[C@@]45C[C@@]35CC[C@]21C)C(C)(C)O.[Na+].[O-][I+3]([O-])([O-])[O-]. The monoisotopic (exact) mass is 1510 g/mol. The van der Waals surface area contributed by atoms with E-state index in [2.05, 4.69) is 69.2 Å². The number of halogens is 1. The maximum atomic E-state index is 12.5. The van der Waals surface area contributed by atoms with Gasteiger partial charge in [-0.05, 0) is 210 Å². The quantitative estimate of drug-likeness (QED) is 0.0241. The Morgan fingerprint density at radius 1 is 0.602 bits per heavy atom. The zero-order chi connectivity index (χ0) is 71.7. The topological polar surface area (TPSA) is 376 Å². The molecule has 0 unspecified atom stereocenters. The van der Waals surface area contributed by atoms with E-state index in [4.69, 9.17) is 51.6 Å². The first-order chi connectivity index (χ1) is 44.7. The predicted octanol–water partition coefficient (Wildman–Crippen LogP) is -2.25. The molecule has 9 fully saturated rings. The van der Waals surface area contributed by atoms with E-state index in [9.17, 15) is 54.9 Å². The van der Waals surface area contributed by atoms with Gasteiger partial charge in [0.1, 0.15) is 87.2 Å². The summed E-state index contributed by atoms with van der Waals surface area (Å²) in [4.78, 5) is 46.6. The molecule has 13 rings (SSSR count). The van der Waals surface area contributed by atoms with Gasteiger partial charge < -0.3 is 78.4 Å². The van der Waals surface area contributed by atoms with Crippen LogP contribution in [0.1, 0.15) is 214 Å². The van der Waals surface area contributed by atoms with Gasteiger partial charge in [0.2, 0.25) is 6.29 Å².